The number of fused-ring (bicyclic) bond motifs is 2. The largest absolute Gasteiger partial charge is 0.325 e. The minimum absolute atomic E-state index is 0.102. The zero-order valence-electron chi connectivity index (χ0n) is 14.9. The van der Waals surface area contributed by atoms with Crippen LogP contribution < -0.4 is 0 Å². The molecule has 0 unspecified atom stereocenters. The molecular formula is C20H25F2N3O. The molecule has 0 spiro atoms. The summed E-state index contributed by atoms with van der Waals surface area (Å²) in [4.78, 5) is 19.5. The van der Waals surface area contributed by atoms with Crippen molar-refractivity contribution in [2.45, 2.75) is 43.7 Å². The third-order valence-corrected chi connectivity index (χ3v) is 7.00. The highest BCUT2D eigenvalue weighted by Crippen LogP contribution is 2.47. The van der Waals surface area contributed by atoms with E-state index in [2.05, 4.69) is 4.90 Å². The maximum atomic E-state index is 14.6. The van der Waals surface area contributed by atoms with Gasteiger partial charge in [-0.15, -0.1) is 0 Å². The van der Waals surface area contributed by atoms with Crippen LogP contribution in [0.3, 0.4) is 0 Å². The number of carbonyl (C=O) groups excluding carboxylic acids is 1. The average molecular weight is 361 g/mol. The van der Waals surface area contributed by atoms with Gasteiger partial charge < -0.3 is 9.80 Å². The molecule has 4 nitrogen and oxygen atoms in total. The van der Waals surface area contributed by atoms with Gasteiger partial charge in [-0.2, -0.15) is 0 Å². The Labute approximate surface area is 152 Å². The molecule has 6 heteroatoms. The number of urea groups is 1. The van der Waals surface area contributed by atoms with Gasteiger partial charge in [0.2, 0.25) is 0 Å². The summed E-state index contributed by atoms with van der Waals surface area (Å²) in [6, 6.07) is 4.82. The monoisotopic (exact) mass is 361 g/mol. The summed E-state index contributed by atoms with van der Waals surface area (Å²) in [7, 11) is 0. The SMILES string of the molecule is O=C(N1CCCC1)N1C[C@H](c2cccc(F)c2F)[C@@H]2[C@H]1C1CCN2CC1. The fourth-order valence-electron chi connectivity index (χ4n) is 5.81. The van der Waals surface area contributed by atoms with Crippen molar-refractivity contribution >= 4 is 6.03 Å². The molecule has 26 heavy (non-hydrogen) atoms. The lowest BCUT2D eigenvalue weighted by Gasteiger charge is -2.51. The minimum Gasteiger partial charge on any atom is -0.325 e. The van der Waals surface area contributed by atoms with E-state index in [9.17, 15) is 13.6 Å². The Morgan fingerprint density at radius 3 is 2.46 bits per heavy atom. The van der Waals surface area contributed by atoms with Crippen molar-refractivity contribution in [1.29, 1.82) is 0 Å². The van der Waals surface area contributed by atoms with Crippen molar-refractivity contribution in [1.82, 2.24) is 14.7 Å². The Kier molecular flexibility index (Phi) is 3.92. The molecule has 3 atom stereocenters. The number of hydrogen-bond donors (Lipinski definition) is 0. The Morgan fingerprint density at radius 2 is 1.73 bits per heavy atom. The predicted molar refractivity (Wildman–Crippen MR) is 93.9 cm³/mol. The van der Waals surface area contributed by atoms with Crippen LogP contribution in [0.5, 0.6) is 0 Å². The number of halogens is 2. The average Bonchev–Trinajstić information content (AvgIpc) is 3.33. The first-order valence-corrected chi connectivity index (χ1v) is 9.88. The number of amides is 2. The van der Waals surface area contributed by atoms with Gasteiger partial charge in [-0.25, -0.2) is 13.6 Å². The zero-order valence-corrected chi connectivity index (χ0v) is 14.9. The Bertz CT molecular complexity index is 713. The fraction of sp³-hybridized carbons (Fsp3) is 0.650. The second-order valence-electron chi connectivity index (χ2n) is 8.23. The van der Waals surface area contributed by atoms with Crippen LogP contribution in [-0.4, -0.2) is 65.5 Å². The van der Waals surface area contributed by atoms with Gasteiger partial charge in [0.05, 0.1) is 6.04 Å². The summed E-state index contributed by atoms with van der Waals surface area (Å²) in [5, 5.41) is 0. The number of hydrogen-bond acceptors (Lipinski definition) is 2. The molecule has 6 rings (SSSR count). The van der Waals surface area contributed by atoms with Gasteiger partial charge in [0.1, 0.15) is 0 Å². The van der Waals surface area contributed by atoms with Crippen LogP contribution in [0.1, 0.15) is 37.2 Å². The van der Waals surface area contributed by atoms with Crippen molar-refractivity contribution in [2.75, 3.05) is 32.7 Å². The molecule has 5 saturated heterocycles. The fourth-order valence-corrected chi connectivity index (χ4v) is 5.81. The van der Waals surface area contributed by atoms with E-state index in [0.717, 1.165) is 51.9 Å². The van der Waals surface area contributed by atoms with E-state index in [0.29, 0.717) is 18.0 Å². The van der Waals surface area contributed by atoms with Crippen LogP contribution in [0.15, 0.2) is 18.2 Å². The lowest BCUT2D eigenvalue weighted by Crippen LogP contribution is -2.61. The molecule has 5 aliphatic rings. The summed E-state index contributed by atoms with van der Waals surface area (Å²) < 4.78 is 28.4. The zero-order chi connectivity index (χ0) is 17.8. The molecule has 140 valence electrons. The van der Waals surface area contributed by atoms with E-state index in [1.807, 2.05) is 9.80 Å². The van der Waals surface area contributed by atoms with Gasteiger partial charge in [-0.3, -0.25) is 4.90 Å². The van der Waals surface area contributed by atoms with Gasteiger partial charge >= 0.3 is 6.03 Å². The van der Waals surface area contributed by atoms with Crippen molar-refractivity contribution in [2.24, 2.45) is 5.92 Å². The van der Waals surface area contributed by atoms with Gasteiger partial charge in [-0.1, -0.05) is 12.1 Å². The number of piperidine rings is 3. The molecule has 2 amide bonds. The van der Waals surface area contributed by atoms with Gasteiger partial charge in [-0.05, 0) is 56.3 Å². The van der Waals surface area contributed by atoms with Crippen LogP contribution in [0.2, 0.25) is 0 Å². The summed E-state index contributed by atoms with van der Waals surface area (Å²) in [6.07, 6.45) is 4.32. The molecule has 2 bridgehead atoms. The molecule has 1 aromatic rings. The molecule has 0 radical (unpaired) electrons. The van der Waals surface area contributed by atoms with Crippen molar-refractivity contribution in [3.05, 3.63) is 35.4 Å². The smallest absolute Gasteiger partial charge is 0.320 e. The maximum absolute atomic E-state index is 14.6. The lowest BCUT2D eigenvalue weighted by molar-refractivity contribution is -0.0000265. The molecular weight excluding hydrogens is 336 g/mol. The number of nitrogens with zero attached hydrogens (tertiary/aromatic N) is 3. The van der Waals surface area contributed by atoms with Crippen molar-refractivity contribution in [3.63, 3.8) is 0 Å². The van der Waals surface area contributed by atoms with Crippen molar-refractivity contribution < 1.29 is 13.6 Å². The molecule has 0 aromatic heterocycles. The lowest BCUT2D eigenvalue weighted by atomic mass is 9.75. The van der Waals surface area contributed by atoms with E-state index in [4.69, 9.17) is 0 Å². The van der Waals surface area contributed by atoms with Gasteiger partial charge in [0.25, 0.3) is 0 Å². The highest BCUT2D eigenvalue weighted by molar-refractivity contribution is 5.76. The highest BCUT2D eigenvalue weighted by Gasteiger charge is 2.55. The van der Waals surface area contributed by atoms with Crippen LogP contribution in [0, 0.1) is 17.6 Å². The van der Waals surface area contributed by atoms with E-state index < -0.39 is 11.6 Å². The summed E-state index contributed by atoms with van der Waals surface area (Å²) in [6.45, 7) is 4.15. The van der Waals surface area contributed by atoms with Crippen LogP contribution in [0.25, 0.3) is 0 Å². The number of benzene rings is 1. The minimum atomic E-state index is -0.792. The standard InChI is InChI=1S/C20H25F2N3O/c21-16-5-3-4-14(17(16)22)15-12-25(20(26)24-8-1-2-9-24)18-13-6-10-23(11-7-13)19(15)18/h3-5,13,15,18-19H,1-2,6-12H2/t15-,18-,19-/m1/s1. The number of rotatable bonds is 1. The van der Waals surface area contributed by atoms with Crippen LogP contribution in [0.4, 0.5) is 13.6 Å². The summed E-state index contributed by atoms with van der Waals surface area (Å²) in [5.41, 5.74) is 0.435. The van der Waals surface area contributed by atoms with E-state index in [1.54, 1.807) is 12.1 Å². The number of likely N-dealkylation sites (tertiary alicyclic amines) is 2. The maximum Gasteiger partial charge on any atom is 0.320 e. The molecule has 0 N–H and O–H groups in total. The van der Waals surface area contributed by atoms with E-state index in [-0.39, 0.29) is 24.0 Å². The Hall–Kier alpha value is -1.69. The van der Waals surface area contributed by atoms with E-state index in [1.165, 1.54) is 6.07 Å². The Balaban J connectivity index is 1.52. The second-order valence-corrected chi connectivity index (χ2v) is 8.23. The quantitative estimate of drug-likeness (QED) is 0.769. The molecule has 5 heterocycles. The van der Waals surface area contributed by atoms with Crippen LogP contribution >= 0.6 is 0 Å². The first-order valence-electron chi connectivity index (χ1n) is 9.88. The normalized spacial score (nSPS) is 35.8. The third kappa shape index (κ3) is 2.38. The van der Waals surface area contributed by atoms with Gasteiger partial charge in [0, 0.05) is 31.6 Å². The highest BCUT2D eigenvalue weighted by atomic mass is 19.2. The summed E-state index contributed by atoms with van der Waals surface area (Å²) >= 11 is 0. The first-order chi connectivity index (χ1) is 12.6. The van der Waals surface area contributed by atoms with Crippen molar-refractivity contribution in [3.8, 4) is 0 Å². The first kappa shape index (κ1) is 16.5. The number of carbonyl (C=O) groups is 1. The molecule has 5 aliphatic heterocycles. The molecule has 0 aliphatic carbocycles. The second kappa shape index (κ2) is 6.19. The van der Waals surface area contributed by atoms with E-state index >= 15 is 0 Å². The topological polar surface area (TPSA) is 26.8 Å². The van der Waals surface area contributed by atoms with Gasteiger partial charge in [0.15, 0.2) is 11.6 Å². The molecule has 5 fully saturated rings. The molecule has 0 saturated carbocycles. The summed E-state index contributed by atoms with van der Waals surface area (Å²) in [5.74, 6) is -1.20. The molecule has 1 aromatic carbocycles. The third-order valence-electron chi connectivity index (χ3n) is 7.00. The van der Waals surface area contributed by atoms with Crippen LogP contribution in [-0.2, 0) is 0 Å². The predicted octanol–water partition coefficient (Wildman–Crippen LogP) is 3.04. The Morgan fingerprint density at radius 1 is 1.00 bits per heavy atom.